The Balaban J connectivity index is 1.75. The third kappa shape index (κ3) is 4.41. The van der Waals surface area contributed by atoms with Crippen LogP contribution in [0.2, 0.25) is 5.02 Å². The van der Waals surface area contributed by atoms with Crippen LogP contribution in [0.25, 0.3) is 5.69 Å². The van der Waals surface area contributed by atoms with Gasteiger partial charge in [-0.25, -0.2) is 0 Å². The second-order valence-electron chi connectivity index (χ2n) is 5.01. The maximum Gasteiger partial charge on any atom is 0.387 e. The molecule has 2 aromatic carbocycles. The van der Waals surface area contributed by atoms with Gasteiger partial charge in [-0.05, 0) is 46.3 Å². The van der Waals surface area contributed by atoms with Crippen molar-refractivity contribution in [1.29, 1.82) is 0 Å². The van der Waals surface area contributed by atoms with Gasteiger partial charge in [0.25, 0.3) is 0 Å². The number of rotatable bonds is 7. The van der Waals surface area contributed by atoms with Crippen LogP contribution in [0.4, 0.5) is 8.78 Å². The van der Waals surface area contributed by atoms with E-state index < -0.39 is 6.61 Å². The molecule has 0 unspecified atom stereocenters. The SMILES string of the molecule is COc1cc(CSc2nnnn2-c2cccc(Cl)c2)ccc1OC(F)F. The third-order valence-corrected chi connectivity index (χ3v) is 4.53. The van der Waals surface area contributed by atoms with Crippen molar-refractivity contribution < 1.29 is 18.3 Å². The Kier molecular flexibility index (Phi) is 5.89. The minimum absolute atomic E-state index is 0.0139. The molecule has 0 aliphatic heterocycles. The van der Waals surface area contributed by atoms with Crippen molar-refractivity contribution in [2.24, 2.45) is 0 Å². The fraction of sp³-hybridized carbons (Fsp3) is 0.188. The number of ether oxygens (including phenoxy) is 2. The zero-order valence-corrected chi connectivity index (χ0v) is 15.0. The number of benzene rings is 2. The molecule has 0 atom stereocenters. The molecule has 0 radical (unpaired) electrons. The first-order valence-electron chi connectivity index (χ1n) is 7.35. The van der Waals surface area contributed by atoms with Crippen molar-refractivity contribution in [1.82, 2.24) is 20.2 Å². The number of nitrogens with zero attached hydrogens (tertiary/aromatic N) is 4. The van der Waals surface area contributed by atoms with E-state index in [1.165, 1.54) is 24.9 Å². The highest BCUT2D eigenvalue weighted by molar-refractivity contribution is 7.98. The van der Waals surface area contributed by atoms with Gasteiger partial charge < -0.3 is 9.47 Å². The van der Waals surface area contributed by atoms with E-state index in [0.717, 1.165) is 11.3 Å². The van der Waals surface area contributed by atoms with E-state index in [-0.39, 0.29) is 11.5 Å². The van der Waals surface area contributed by atoms with E-state index >= 15 is 0 Å². The van der Waals surface area contributed by atoms with Crippen molar-refractivity contribution in [3.63, 3.8) is 0 Å². The van der Waals surface area contributed by atoms with E-state index in [1.807, 2.05) is 6.07 Å². The highest BCUT2D eigenvalue weighted by atomic mass is 35.5. The predicted octanol–water partition coefficient (Wildman–Crippen LogP) is 4.22. The van der Waals surface area contributed by atoms with Crippen LogP contribution < -0.4 is 9.47 Å². The van der Waals surface area contributed by atoms with Crippen LogP contribution in [0.1, 0.15) is 5.56 Å². The average molecular weight is 399 g/mol. The second-order valence-corrected chi connectivity index (χ2v) is 6.38. The van der Waals surface area contributed by atoms with Crippen LogP contribution in [0, 0.1) is 0 Å². The summed E-state index contributed by atoms with van der Waals surface area (Å²) in [5.41, 5.74) is 1.58. The summed E-state index contributed by atoms with van der Waals surface area (Å²) in [6.45, 7) is -2.91. The van der Waals surface area contributed by atoms with E-state index in [0.29, 0.717) is 15.9 Å². The fourth-order valence-corrected chi connectivity index (χ4v) is 3.20. The predicted molar refractivity (Wildman–Crippen MR) is 93.4 cm³/mol. The van der Waals surface area contributed by atoms with Crippen molar-refractivity contribution in [3.05, 3.63) is 53.1 Å². The highest BCUT2D eigenvalue weighted by Crippen LogP contribution is 2.32. The van der Waals surface area contributed by atoms with E-state index in [4.69, 9.17) is 16.3 Å². The molecule has 3 aromatic rings. The Morgan fingerprint density at radius 1 is 1.19 bits per heavy atom. The summed E-state index contributed by atoms with van der Waals surface area (Å²) in [5.74, 6) is 0.726. The number of halogens is 3. The van der Waals surface area contributed by atoms with Crippen LogP contribution >= 0.6 is 23.4 Å². The lowest BCUT2D eigenvalue weighted by atomic mass is 10.2. The van der Waals surface area contributed by atoms with E-state index in [9.17, 15) is 8.78 Å². The molecule has 0 amide bonds. The summed E-state index contributed by atoms with van der Waals surface area (Å²) in [6, 6.07) is 11.9. The van der Waals surface area contributed by atoms with Crippen LogP contribution in [0.15, 0.2) is 47.6 Å². The Morgan fingerprint density at radius 3 is 2.77 bits per heavy atom. The maximum absolute atomic E-state index is 12.4. The van der Waals surface area contributed by atoms with Crippen molar-refractivity contribution >= 4 is 23.4 Å². The molecule has 0 N–H and O–H groups in total. The summed E-state index contributed by atoms with van der Waals surface area (Å²) in [4.78, 5) is 0. The first-order chi connectivity index (χ1) is 12.6. The normalized spacial score (nSPS) is 11.0. The summed E-state index contributed by atoms with van der Waals surface area (Å²) >= 11 is 7.39. The average Bonchev–Trinajstić information content (AvgIpc) is 3.09. The number of thioether (sulfide) groups is 1. The molecule has 1 aromatic heterocycles. The zero-order chi connectivity index (χ0) is 18.5. The number of hydrogen-bond donors (Lipinski definition) is 0. The van der Waals surface area contributed by atoms with E-state index in [1.54, 1.807) is 35.0 Å². The van der Waals surface area contributed by atoms with Gasteiger partial charge in [-0.2, -0.15) is 13.5 Å². The maximum atomic E-state index is 12.4. The number of methoxy groups -OCH3 is 1. The molecular weight excluding hydrogens is 386 g/mol. The number of aromatic nitrogens is 4. The smallest absolute Gasteiger partial charge is 0.387 e. The molecule has 0 bridgehead atoms. The monoisotopic (exact) mass is 398 g/mol. The van der Waals surface area contributed by atoms with E-state index in [2.05, 4.69) is 20.3 Å². The summed E-state index contributed by atoms with van der Waals surface area (Å²) < 4.78 is 35.9. The zero-order valence-electron chi connectivity index (χ0n) is 13.5. The summed E-state index contributed by atoms with van der Waals surface area (Å²) in [6.07, 6.45) is 0. The minimum atomic E-state index is -2.91. The molecule has 0 spiro atoms. The number of alkyl halides is 2. The van der Waals surface area contributed by atoms with Gasteiger partial charge in [-0.1, -0.05) is 35.5 Å². The Bertz CT molecular complexity index is 894. The molecule has 10 heteroatoms. The minimum Gasteiger partial charge on any atom is -0.493 e. The van der Waals surface area contributed by atoms with Gasteiger partial charge in [-0.15, -0.1) is 5.10 Å². The molecule has 3 rings (SSSR count). The summed E-state index contributed by atoms with van der Waals surface area (Å²) in [5, 5.41) is 12.8. The lowest BCUT2D eigenvalue weighted by molar-refractivity contribution is -0.0512. The molecule has 0 saturated heterocycles. The van der Waals surface area contributed by atoms with Crippen LogP contribution in [-0.2, 0) is 5.75 Å². The lowest BCUT2D eigenvalue weighted by Gasteiger charge is -2.11. The quantitative estimate of drug-likeness (QED) is 0.555. The third-order valence-electron chi connectivity index (χ3n) is 3.31. The van der Waals surface area contributed by atoms with Crippen LogP contribution in [-0.4, -0.2) is 33.9 Å². The van der Waals surface area contributed by atoms with Crippen molar-refractivity contribution in [2.45, 2.75) is 17.5 Å². The molecule has 0 fully saturated rings. The second kappa shape index (κ2) is 8.33. The van der Waals surface area contributed by atoms with Gasteiger partial charge in [0.2, 0.25) is 5.16 Å². The first-order valence-corrected chi connectivity index (χ1v) is 8.72. The molecule has 26 heavy (non-hydrogen) atoms. The Morgan fingerprint density at radius 2 is 2.04 bits per heavy atom. The molecule has 0 aliphatic rings. The fourth-order valence-electron chi connectivity index (χ4n) is 2.18. The van der Waals surface area contributed by atoms with Crippen LogP contribution in [0.3, 0.4) is 0 Å². The molecule has 1 heterocycles. The van der Waals surface area contributed by atoms with Crippen molar-refractivity contribution in [3.8, 4) is 17.2 Å². The molecule has 0 aliphatic carbocycles. The topological polar surface area (TPSA) is 62.1 Å². The Hall–Kier alpha value is -2.39. The van der Waals surface area contributed by atoms with Gasteiger partial charge >= 0.3 is 6.61 Å². The number of tetrazole rings is 1. The highest BCUT2D eigenvalue weighted by Gasteiger charge is 2.13. The lowest BCUT2D eigenvalue weighted by Crippen LogP contribution is -2.03. The Labute approximate surface area is 157 Å². The first kappa shape index (κ1) is 18.4. The van der Waals surface area contributed by atoms with Gasteiger partial charge in [0.05, 0.1) is 12.8 Å². The molecular formula is C16H13ClF2N4O2S. The largest absolute Gasteiger partial charge is 0.493 e. The number of hydrogen-bond acceptors (Lipinski definition) is 6. The molecule has 0 saturated carbocycles. The van der Waals surface area contributed by atoms with Gasteiger partial charge in [0.1, 0.15) is 0 Å². The van der Waals surface area contributed by atoms with Gasteiger partial charge in [0.15, 0.2) is 11.5 Å². The van der Waals surface area contributed by atoms with Crippen LogP contribution in [0.5, 0.6) is 11.5 Å². The molecule has 6 nitrogen and oxygen atoms in total. The summed E-state index contributed by atoms with van der Waals surface area (Å²) in [7, 11) is 1.39. The standard InChI is InChI=1S/C16H13ClF2N4O2S/c1-24-14-7-10(5-6-13(14)25-15(18)19)9-26-16-20-21-22-23(16)12-4-2-3-11(17)8-12/h2-8,15H,9H2,1H3. The van der Waals surface area contributed by atoms with Crippen molar-refractivity contribution in [2.75, 3.05) is 7.11 Å². The van der Waals surface area contributed by atoms with Gasteiger partial charge in [0, 0.05) is 10.8 Å². The molecule has 136 valence electrons. The van der Waals surface area contributed by atoms with Gasteiger partial charge in [-0.3, -0.25) is 0 Å².